The minimum atomic E-state index is -0.854. The van der Waals surface area contributed by atoms with Gasteiger partial charge in [0, 0.05) is 6.54 Å². The van der Waals surface area contributed by atoms with E-state index in [-0.39, 0.29) is 5.15 Å². The van der Waals surface area contributed by atoms with Crippen LogP contribution in [0.25, 0.3) is 0 Å². The molecule has 0 saturated carbocycles. The van der Waals surface area contributed by atoms with Gasteiger partial charge in [-0.3, -0.25) is 9.78 Å². The predicted molar refractivity (Wildman–Crippen MR) is 52.3 cm³/mol. The van der Waals surface area contributed by atoms with E-state index in [0.717, 1.165) is 0 Å². The molecule has 1 aromatic rings. The van der Waals surface area contributed by atoms with Crippen LogP contribution in [0.15, 0.2) is 12.4 Å². The van der Waals surface area contributed by atoms with Gasteiger partial charge in [-0.15, -0.1) is 0 Å². The summed E-state index contributed by atoms with van der Waals surface area (Å²) in [5.74, 6) is -0.853. The van der Waals surface area contributed by atoms with E-state index in [1.165, 1.54) is 12.4 Å². The maximum absolute atomic E-state index is 10.5. The summed E-state index contributed by atoms with van der Waals surface area (Å²) in [6.45, 7) is 1.90. The van der Waals surface area contributed by atoms with Crippen LogP contribution < -0.4 is 5.32 Å². The summed E-state index contributed by atoms with van der Waals surface area (Å²) < 4.78 is 0. The van der Waals surface area contributed by atoms with Crippen molar-refractivity contribution in [3.05, 3.63) is 17.5 Å². The molecule has 76 valence electrons. The van der Waals surface area contributed by atoms with Crippen molar-refractivity contribution in [1.82, 2.24) is 9.97 Å². The summed E-state index contributed by atoms with van der Waals surface area (Å²) in [7, 11) is 0. The molecule has 0 amide bonds. The molecule has 1 aromatic heterocycles. The van der Waals surface area contributed by atoms with Crippen LogP contribution in [0.2, 0.25) is 5.15 Å². The van der Waals surface area contributed by atoms with Gasteiger partial charge in [-0.2, -0.15) is 0 Å². The third-order valence-electron chi connectivity index (χ3n) is 1.62. The van der Waals surface area contributed by atoms with Crippen LogP contribution in [0.3, 0.4) is 0 Å². The van der Waals surface area contributed by atoms with Gasteiger partial charge in [0.2, 0.25) is 0 Å². The molecular weight excluding hydrogens is 206 g/mol. The summed E-state index contributed by atoms with van der Waals surface area (Å²) in [5.41, 5.74) is 0. The highest BCUT2D eigenvalue weighted by molar-refractivity contribution is 6.29. The van der Waals surface area contributed by atoms with E-state index in [0.29, 0.717) is 12.4 Å². The van der Waals surface area contributed by atoms with Gasteiger partial charge in [0.25, 0.3) is 0 Å². The molecule has 1 heterocycles. The number of nitrogens with zero attached hydrogens (tertiary/aromatic N) is 2. The maximum atomic E-state index is 10.5. The largest absolute Gasteiger partial charge is 0.481 e. The third-order valence-corrected chi connectivity index (χ3v) is 1.80. The van der Waals surface area contributed by atoms with Crippen LogP contribution in [-0.4, -0.2) is 27.6 Å². The predicted octanol–water partition coefficient (Wildman–Crippen LogP) is 1.26. The quantitative estimate of drug-likeness (QED) is 0.791. The molecule has 0 aliphatic rings. The van der Waals surface area contributed by atoms with Crippen LogP contribution in [0.1, 0.15) is 6.92 Å². The smallest absolute Gasteiger partial charge is 0.308 e. The number of carbonyl (C=O) groups is 1. The van der Waals surface area contributed by atoms with Crippen molar-refractivity contribution in [1.29, 1.82) is 0 Å². The Labute approximate surface area is 86.1 Å². The lowest BCUT2D eigenvalue weighted by Gasteiger charge is -2.07. The van der Waals surface area contributed by atoms with Crippen molar-refractivity contribution in [3.63, 3.8) is 0 Å². The molecule has 0 aromatic carbocycles. The lowest BCUT2D eigenvalue weighted by atomic mass is 10.2. The summed E-state index contributed by atoms with van der Waals surface area (Å²) >= 11 is 5.59. The zero-order valence-electron chi connectivity index (χ0n) is 7.57. The van der Waals surface area contributed by atoms with Crippen LogP contribution in [-0.2, 0) is 4.79 Å². The number of hydrogen-bond donors (Lipinski definition) is 2. The Morgan fingerprint density at radius 2 is 2.43 bits per heavy atom. The minimum Gasteiger partial charge on any atom is -0.481 e. The normalized spacial score (nSPS) is 12.1. The molecule has 14 heavy (non-hydrogen) atoms. The SMILES string of the molecule is CC(CNc1cncc(Cl)n1)C(=O)O. The Balaban J connectivity index is 2.49. The van der Waals surface area contributed by atoms with E-state index in [9.17, 15) is 4.79 Å². The molecule has 1 atom stereocenters. The van der Waals surface area contributed by atoms with Gasteiger partial charge in [-0.25, -0.2) is 4.98 Å². The molecule has 0 radical (unpaired) electrons. The molecular formula is C8H10ClN3O2. The Morgan fingerprint density at radius 3 is 3.00 bits per heavy atom. The molecule has 0 spiro atoms. The van der Waals surface area contributed by atoms with Crippen LogP contribution >= 0.6 is 11.6 Å². The van der Waals surface area contributed by atoms with Crippen molar-refractivity contribution >= 4 is 23.4 Å². The molecule has 0 bridgehead atoms. The van der Waals surface area contributed by atoms with E-state index in [1.54, 1.807) is 6.92 Å². The highest BCUT2D eigenvalue weighted by Gasteiger charge is 2.10. The van der Waals surface area contributed by atoms with E-state index in [1.807, 2.05) is 0 Å². The maximum Gasteiger partial charge on any atom is 0.308 e. The second kappa shape index (κ2) is 4.76. The van der Waals surface area contributed by atoms with Crippen molar-refractivity contribution in [2.75, 3.05) is 11.9 Å². The van der Waals surface area contributed by atoms with Gasteiger partial charge in [0.1, 0.15) is 11.0 Å². The number of hydrogen-bond acceptors (Lipinski definition) is 4. The second-order valence-electron chi connectivity index (χ2n) is 2.85. The Kier molecular flexibility index (Phi) is 3.64. The second-order valence-corrected chi connectivity index (χ2v) is 3.23. The van der Waals surface area contributed by atoms with Gasteiger partial charge >= 0.3 is 5.97 Å². The summed E-state index contributed by atoms with van der Waals surface area (Å²) in [6.07, 6.45) is 2.90. The molecule has 1 rings (SSSR count). The Bertz CT molecular complexity index is 332. The fourth-order valence-corrected chi connectivity index (χ4v) is 0.920. The van der Waals surface area contributed by atoms with Crippen LogP contribution in [0, 0.1) is 5.92 Å². The standard InChI is InChI=1S/C8H10ClN3O2/c1-5(8(13)14)2-11-7-4-10-3-6(9)12-7/h3-5H,2H2,1H3,(H,11,12)(H,13,14). The Hall–Kier alpha value is -1.36. The van der Waals surface area contributed by atoms with Crippen molar-refractivity contribution in [3.8, 4) is 0 Å². The van der Waals surface area contributed by atoms with Crippen molar-refractivity contribution in [2.24, 2.45) is 5.92 Å². The van der Waals surface area contributed by atoms with Gasteiger partial charge < -0.3 is 10.4 Å². The number of aromatic nitrogens is 2. The monoisotopic (exact) mass is 215 g/mol. The van der Waals surface area contributed by atoms with Gasteiger partial charge in [0.05, 0.1) is 18.3 Å². The van der Waals surface area contributed by atoms with E-state index in [2.05, 4.69) is 15.3 Å². The summed E-state index contributed by atoms with van der Waals surface area (Å²) in [4.78, 5) is 18.2. The molecule has 5 nitrogen and oxygen atoms in total. The van der Waals surface area contributed by atoms with Gasteiger partial charge in [-0.1, -0.05) is 18.5 Å². The average Bonchev–Trinajstić information content (AvgIpc) is 2.14. The summed E-state index contributed by atoms with van der Waals surface area (Å²) in [5, 5.41) is 11.7. The fraction of sp³-hybridized carbons (Fsp3) is 0.375. The first-order chi connectivity index (χ1) is 6.59. The average molecular weight is 216 g/mol. The minimum absolute atomic E-state index is 0.276. The summed E-state index contributed by atoms with van der Waals surface area (Å²) in [6, 6.07) is 0. The molecule has 2 N–H and O–H groups in total. The zero-order chi connectivity index (χ0) is 10.6. The number of halogens is 1. The third kappa shape index (κ3) is 3.18. The number of nitrogens with one attached hydrogen (secondary N) is 1. The van der Waals surface area contributed by atoms with E-state index >= 15 is 0 Å². The van der Waals surface area contributed by atoms with Crippen molar-refractivity contribution in [2.45, 2.75) is 6.92 Å². The topological polar surface area (TPSA) is 75.1 Å². The van der Waals surface area contributed by atoms with Crippen LogP contribution in [0.4, 0.5) is 5.82 Å². The first-order valence-corrected chi connectivity index (χ1v) is 4.41. The molecule has 0 aliphatic heterocycles. The fourth-order valence-electron chi connectivity index (χ4n) is 0.772. The lowest BCUT2D eigenvalue weighted by molar-refractivity contribution is -0.140. The van der Waals surface area contributed by atoms with Crippen molar-refractivity contribution < 1.29 is 9.90 Å². The number of carboxylic acid groups (broad SMARTS) is 1. The zero-order valence-corrected chi connectivity index (χ0v) is 8.32. The Morgan fingerprint density at radius 1 is 1.71 bits per heavy atom. The molecule has 6 heteroatoms. The number of rotatable bonds is 4. The number of anilines is 1. The van der Waals surface area contributed by atoms with Gasteiger partial charge in [-0.05, 0) is 0 Å². The first-order valence-electron chi connectivity index (χ1n) is 4.04. The molecule has 1 unspecified atom stereocenters. The van der Waals surface area contributed by atoms with Gasteiger partial charge in [0.15, 0.2) is 0 Å². The van der Waals surface area contributed by atoms with E-state index in [4.69, 9.17) is 16.7 Å². The van der Waals surface area contributed by atoms with E-state index < -0.39 is 11.9 Å². The highest BCUT2D eigenvalue weighted by Crippen LogP contribution is 2.07. The number of carboxylic acids is 1. The lowest BCUT2D eigenvalue weighted by Crippen LogP contribution is -2.20. The molecule has 0 aliphatic carbocycles. The number of aliphatic carboxylic acids is 1. The highest BCUT2D eigenvalue weighted by atomic mass is 35.5. The van der Waals surface area contributed by atoms with Crippen LogP contribution in [0.5, 0.6) is 0 Å². The molecule has 0 saturated heterocycles. The molecule has 0 fully saturated rings. The first kappa shape index (κ1) is 10.7.